The van der Waals surface area contributed by atoms with Crippen LogP contribution in [0.1, 0.15) is 5.56 Å². The van der Waals surface area contributed by atoms with Crippen LogP contribution < -0.4 is 5.56 Å². The number of halogens is 3. The minimum absolute atomic E-state index is 0.0789. The van der Waals surface area contributed by atoms with E-state index >= 15 is 0 Å². The molecule has 6 heteroatoms. The van der Waals surface area contributed by atoms with E-state index < -0.39 is 0 Å². The van der Waals surface area contributed by atoms with E-state index in [1.165, 1.54) is 0 Å². The van der Waals surface area contributed by atoms with Crippen molar-refractivity contribution in [1.82, 2.24) is 4.98 Å². The molecule has 0 aliphatic carbocycles. The number of hydrogen-bond acceptors (Lipinski definition) is 2. The van der Waals surface area contributed by atoms with Gasteiger partial charge in [-0.3, -0.25) is 4.79 Å². The Morgan fingerprint density at radius 1 is 0.857 bits per heavy atom. The van der Waals surface area contributed by atoms with Crippen LogP contribution in [0.2, 0.25) is 15.1 Å². The fourth-order valence-electron chi connectivity index (χ4n) is 3.25. The molecule has 140 valence electrons. The molecule has 0 fully saturated rings. The highest BCUT2D eigenvalue weighted by atomic mass is 35.5. The van der Waals surface area contributed by atoms with Gasteiger partial charge in [-0.1, -0.05) is 53.0 Å². The van der Waals surface area contributed by atoms with Crippen molar-refractivity contribution >= 4 is 45.7 Å². The average molecular weight is 431 g/mol. The quantitative estimate of drug-likeness (QED) is 0.366. The van der Waals surface area contributed by atoms with Gasteiger partial charge in [0.1, 0.15) is 5.75 Å². The van der Waals surface area contributed by atoms with E-state index in [-0.39, 0.29) is 16.9 Å². The standard InChI is InChI=1S/C22H14Cl3NO2/c1-11-2-3-12(13-4-7-17(24)18(25)9-13)8-16(11)20-21(27)15-6-5-14(23)10-19(15)26-22(20)28/h2-10H,1H3,(H2,26,27,28). The summed E-state index contributed by atoms with van der Waals surface area (Å²) in [4.78, 5) is 15.6. The predicted octanol–water partition coefficient (Wildman–Crippen LogP) is 6.84. The Kier molecular flexibility index (Phi) is 4.84. The van der Waals surface area contributed by atoms with Gasteiger partial charge >= 0.3 is 0 Å². The molecule has 3 aromatic carbocycles. The van der Waals surface area contributed by atoms with Crippen LogP contribution in [-0.2, 0) is 0 Å². The number of fused-ring (bicyclic) bond motifs is 1. The van der Waals surface area contributed by atoms with Crippen LogP contribution in [0.3, 0.4) is 0 Å². The first-order valence-corrected chi connectivity index (χ1v) is 9.59. The fourth-order valence-corrected chi connectivity index (χ4v) is 3.72. The third kappa shape index (κ3) is 3.26. The Morgan fingerprint density at radius 3 is 2.32 bits per heavy atom. The number of H-pyrrole nitrogens is 1. The Labute approximate surface area is 176 Å². The maximum Gasteiger partial charge on any atom is 0.260 e. The second kappa shape index (κ2) is 7.17. The Morgan fingerprint density at radius 2 is 1.57 bits per heavy atom. The lowest BCUT2D eigenvalue weighted by Gasteiger charge is -2.12. The number of benzene rings is 3. The third-order valence-electron chi connectivity index (χ3n) is 4.71. The molecule has 0 spiro atoms. The van der Waals surface area contributed by atoms with Gasteiger partial charge in [0.15, 0.2) is 0 Å². The molecule has 0 unspecified atom stereocenters. The molecule has 1 heterocycles. The number of pyridine rings is 1. The van der Waals surface area contributed by atoms with Crippen LogP contribution in [0.15, 0.2) is 59.4 Å². The maximum atomic E-state index is 12.8. The van der Waals surface area contributed by atoms with E-state index in [1.807, 2.05) is 31.2 Å². The molecule has 0 amide bonds. The van der Waals surface area contributed by atoms with Gasteiger partial charge in [-0.15, -0.1) is 0 Å². The topological polar surface area (TPSA) is 53.1 Å². The van der Waals surface area contributed by atoms with Crippen molar-refractivity contribution in [2.24, 2.45) is 0 Å². The molecule has 0 saturated heterocycles. The second-order valence-corrected chi connectivity index (χ2v) is 7.78. The lowest BCUT2D eigenvalue weighted by molar-refractivity contribution is 0.482. The highest BCUT2D eigenvalue weighted by molar-refractivity contribution is 6.42. The Hall–Kier alpha value is -2.46. The summed E-state index contributed by atoms with van der Waals surface area (Å²) < 4.78 is 0. The van der Waals surface area contributed by atoms with E-state index in [0.717, 1.165) is 16.7 Å². The average Bonchev–Trinajstić information content (AvgIpc) is 2.65. The van der Waals surface area contributed by atoms with Gasteiger partial charge in [0, 0.05) is 10.4 Å². The summed E-state index contributed by atoms with van der Waals surface area (Å²) in [7, 11) is 0. The molecular weight excluding hydrogens is 417 g/mol. The van der Waals surface area contributed by atoms with Crippen molar-refractivity contribution < 1.29 is 5.11 Å². The second-order valence-electron chi connectivity index (χ2n) is 6.53. The first kappa shape index (κ1) is 18.9. The van der Waals surface area contributed by atoms with E-state index in [0.29, 0.717) is 31.5 Å². The summed E-state index contributed by atoms with van der Waals surface area (Å²) in [6.45, 7) is 1.89. The summed E-state index contributed by atoms with van der Waals surface area (Å²) in [5.74, 6) is -0.0789. The van der Waals surface area contributed by atoms with Crippen LogP contribution in [0.25, 0.3) is 33.2 Å². The molecular formula is C22H14Cl3NO2. The van der Waals surface area contributed by atoms with Crippen molar-refractivity contribution in [3.05, 3.63) is 85.6 Å². The molecule has 4 aromatic rings. The predicted molar refractivity (Wildman–Crippen MR) is 117 cm³/mol. The summed E-state index contributed by atoms with van der Waals surface area (Å²) in [5.41, 5.74) is 3.53. The van der Waals surface area contributed by atoms with Gasteiger partial charge in [0.05, 0.1) is 21.1 Å². The highest BCUT2D eigenvalue weighted by Crippen LogP contribution is 2.37. The minimum Gasteiger partial charge on any atom is -0.506 e. The third-order valence-corrected chi connectivity index (χ3v) is 5.68. The molecule has 0 saturated carbocycles. The van der Waals surface area contributed by atoms with E-state index in [9.17, 15) is 9.90 Å². The van der Waals surface area contributed by atoms with Gasteiger partial charge in [0.2, 0.25) is 0 Å². The zero-order chi connectivity index (χ0) is 20.0. The first-order chi connectivity index (χ1) is 13.3. The molecule has 2 N–H and O–H groups in total. The number of aromatic amines is 1. The van der Waals surface area contributed by atoms with Gasteiger partial charge < -0.3 is 10.1 Å². The summed E-state index contributed by atoms with van der Waals surface area (Å²) in [6.07, 6.45) is 0. The molecule has 0 bridgehead atoms. The van der Waals surface area contributed by atoms with Crippen molar-refractivity contribution in [2.75, 3.05) is 0 Å². The molecule has 3 nitrogen and oxygen atoms in total. The van der Waals surface area contributed by atoms with Crippen LogP contribution >= 0.6 is 34.8 Å². The molecule has 0 aliphatic heterocycles. The number of hydrogen-bond donors (Lipinski definition) is 2. The molecule has 4 rings (SSSR count). The molecule has 1 aromatic heterocycles. The first-order valence-electron chi connectivity index (χ1n) is 8.46. The monoisotopic (exact) mass is 429 g/mol. The summed E-state index contributed by atoms with van der Waals surface area (Å²) in [5, 5.41) is 12.8. The summed E-state index contributed by atoms with van der Waals surface area (Å²) in [6, 6.07) is 16.0. The van der Waals surface area contributed by atoms with Crippen molar-refractivity contribution in [2.45, 2.75) is 6.92 Å². The number of nitrogens with one attached hydrogen (secondary N) is 1. The molecule has 28 heavy (non-hydrogen) atoms. The Bertz CT molecular complexity index is 1300. The van der Waals surface area contributed by atoms with Gasteiger partial charge in [-0.05, 0) is 65.6 Å². The summed E-state index contributed by atoms with van der Waals surface area (Å²) >= 11 is 18.1. The lowest BCUT2D eigenvalue weighted by Crippen LogP contribution is -2.10. The smallest absolute Gasteiger partial charge is 0.260 e. The minimum atomic E-state index is -0.387. The lowest BCUT2D eigenvalue weighted by atomic mass is 9.94. The zero-order valence-corrected chi connectivity index (χ0v) is 17.0. The normalized spacial score (nSPS) is 11.1. The molecule has 0 aliphatic rings. The van der Waals surface area contributed by atoms with E-state index in [2.05, 4.69) is 4.98 Å². The van der Waals surface area contributed by atoms with E-state index in [1.54, 1.807) is 30.3 Å². The van der Waals surface area contributed by atoms with Crippen molar-refractivity contribution in [3.8, 4) is 28.0 Å². The number of aromatic nitrogens is 1. The van der Waals surface area contributed by atoms with Crippen LogP contribution in [-0.4, -0.2) is 10.1 Å². The maximum absolute atomic E-state index is 12.8. The number of rotatable bonds is 2. The van der Waals surface area contributed by atoms with Gasteiger partial charge in [-0.25, -0.2) is 0 Å². The van der Waals surface area contributed by atoms with Crippen LogP contribution in [0, 0.1) is 6.92 Å². The van der Waals surface area contributed by atoms with Gasteiger partial charge in [0.25, 0.3) is 5.56 Å². The largest absolute Gasteiger partial charge is 0.506 e. The van der Waals surface area contributed by atoms with Crippen molar-refractivity contribution in [1.29, 1.82) is 0 Å². The van der Waals surface area contributed by atoms with Gasteiger partial charge in [-0.2, -0.15) is 0 Å². The highest BCUT2D eigenvalue weighted by Gasteiger charge is 2.17. The molecule has 0 atom stereocenters. The number of aryl methyl sites for hydroxylation is 1. The zero-order valence-electron chi connectivity index (χ0n) is 14.7. The molecule has 0 radical (unpaired) electrons. The van der Waals surface area contributed by atoms with Crippen LogP contribution in [0.5, 0.6) is 5.75 Å². The number of aromatic hydroxyl groups is 1. The SMILES string of the molecule is Cc1ccc(-c2ccc(Cl)c(Cl)c2)cc1-c1c(O)c2ccc(Cl)cc2[nH]c1=O. The van der Waals surface area contributed by atoms with Crippen LogP contribution in [0.4, 0.5) is 0 Å². The van der Waals surface area contributed by atoms with Crippen molar-refractivity contribution in [3.63, 3.8) is 0 Å². The van der Waals surface area contributed by atoms with E-state index in [4.69, 9.17) is 34.8 Å². The Balaban J connectivity index is 1.96. The fraction of sp³-hybridized carbons (Fsp3) is 0.0455.